The average Bonchev–Trinajstić information content (AvgIpc) is 2.94. The predicted octanol–water partition coefficient (Wildman–Crippen LogP) is 3.10. The Morgan fingerprint density at radius 3 is 2.41 bits per heavy atom. The topological polar surface area (TPSA) is 99.8 Å². The third-order valence-electron chi connectivity index (χ3n) is 7.55. The molecule has 0 fully saturated rings. The van der Waals surface area contributed by atoms with E-state index in [1.54, 1.807) is 14.0 Å². The van der Waals surface area contributed by atoms with Gasteiger partial charge < -0.3 is 25.6 Å². The van der Waals surface area contributed by atoms with E-state index in [9.17, 15) is 14.4 Å². The van der Waals surface area contributed by atoms with Gasteiger partial charge in [-0.2, -0.15) is 0 Å². The Morgan fingerprint density at radius 1 is 1.00 bits per heavy atom. The first-order chi connectivity index (χ1) is 18.7. The molecule has 0 saturated heterocycles. The number of fused-ring (bicyclic) bond motifs is 1. The molecule has 2 aromatic carbocycles. The van der Waals surface area contributed by atoms with Crippen molar-refractivity contribution in [3.8, 4) is 5.75 Å². The maximum Gasteiger partial charge on any atom is 0.243 e. The lowest BCUT2D eigenvalue weighted by Crippen LogP contribution is -2.57. The number of para-hydroxylation sites is 1. The largest absolute Gasteiger partial charge is 0.489 e. The highest BCUT2D eigenvalue weighted by Crippen LogP contribution is 2.21. The Kier molecular flexibility index (Phi) is 11.3. The van der Waals surface area contributed by atoms with Crippen molar-refractivity contribution in [3.63, 3.8) is 0 Å². The summed E-state index contributed by atoms with van der Waals surface area (Å²) < 4.78 is 6.27. The van der Waals surface area contributed by atoms with E-state index in [-0.39, 0.29) is 29.7 Å². The fourth-order valence-electron chi connectivity index (χ4n) is 4.70. The summed E-state index contributed by atoms with van der Waals surface area (Å²) in [5, 5.41) is 9.32. The quantitative estimate of drug-likeness (QED) is 0.558. The van der Waals surface area contributed by atoms with Gasteiger partial charge in [0.25, 0.3) is 0 Å². The van der Waals surface area contributed by atoms with Crippen LogP contribution in [0.25, 0.3) is 0 Å². The number of hydrogen-bond acceptors (Lipinski definition) is 5. The van der Waals surface area contributed by atoms with E-state index in [1.807, 2.05) is 75.4 Å². The summed E-state index contributed by atoms with van der Waals surface area (Å²) in [6, 6.07) is 15.5. The van der Waals surface area contributed by atoms with Gasteiger partial charge >= 0.3 is 0 Å². The number of carbonyl (C=O) groups excluding carboxylic acids is 3. The molecule has 0 radical (unpaired) electrons. The molecule has 2 aromatic rings. The van der Waals surface area contributed by atoms with E-state index in [2.05, 4.69) is 16.0 Å². The summed E-state index contributed by atoms with van der Waals surface area (Å²) in [6.45, 7) is 8.70. The normalized spacial score (nSPS) is 24.8. The van der Waals surface area contributed by atoms with Crippen molar-refractivity contribution in [1.29, 1.82) is 0 Å². The molecule has 3 N–H and O–H groups in total. The molecule has 0 aromatic heterocycles. The van der Waals surface area contributed by atoms with Gasteiger partial charge in [-0.15, -0.1) is 0 Å². The fourth-order valence-corrected chi connectivity index (χ4v) is 4.70. The van der Waals surface area contributed by atoms with Crippen LogP contribution in [0.15, 0.2) is 54.6 Å². The standard InChI is InChI=1S/C31H44N4O4/c1-6-21(2)28-31(38)35(5)23(4)29(36)34-26(19-24-13-8-7-9-14-24)30(37)32-18-12-16-25-15-10-11-17-27(25)39-22(3)20-33-28/h7-11,13-15,17,21-23,26,28,33H,6,12,16,18-20H2,1-5H3,(H,32,37)(H,34,36)/t21?,22?,23-,26-,28+/m1/s1. The molecule has 5 atom stereocenters. The molecule has 3 rings (SSSR count). The molecule has 1 aliphatic rings. The molecule has 0 spiro atoms. The van der Waals surface area contributed by atoms with Gasteiger partial charge in [0.05, 0.1) is 6.04 Å². The van der Waals surface area contributed by atoms with Gasteiger partial charge in [-0.25, -0.2) is 0 Å². The van der Waals surface area contributed by atoms with Crippen molar-refractivity contribution < 1.29 is 19.1 Å². The van der Waals surface area contributed by atoms with Crippen molar-refractivity contribution in [1.82, 2.24) is 20.9 Å². The van der Waals surface area contributed by atoms with Crippen LogP contribution in [0.3, 0.4) is 0 Å². The second-order valence-corrected chi connectivity index (χ2v) is 10.6. The Hall–Kier alpha value is -3.39. The highest BCUT2D eigenvalue weighted by Gasteiger charge is 2.33. The van der Waals surface area contributed by atoms with Gasteiger partial charge in [0, 0.05) is 26.6 Å². The molecule has 8 nitrogen and oxygen atoms in total. The van der Waals surface area contributed by atoms with Crippen LogP contribution in [-0.2, 0) is 27.2 Å². The summed E-state index contributed by atoms with van der Waals surface area (Å²) >= 11 is 0. The third kappa shape index (κ3) is 8.55. The lowest BCUT2D eigenvalue weighted by molar-refractivity contribution is -0.141. The Labute approximate surface area is 232 Å². The predicted molar refractivity (Wildman–Crippen MR) is 153 cm³/mol. The fraction of sp³-hybridized carbons (Fsp3) is 0.516. The number of amides is 3. The molecule has 0 bridgehead atoms. The van der Waals surface area contributed by atoms with Gasteiger partial charge in [-0.05, 0) is 49.8 Å². The Bertz CT molecular complexity index is 1090. The molecule has 39 heavy (non-hydrogen) atoms. The van der Waals surface area contributed by atoms with E-state index in [4.69, 9.17) is 4.74 Å². The van der Waals surface area contributed by atoms with Gasteiger partial charge in [0.2, 0.25) is 17.7 Å². The lowest BCUT2D eigenvalue weighted by Gasteiger charge is -2.33. The van der Waals surface area contributed by atoms with E-state index >= 15 is 0 Å². The molecule has 1 aliphatic heterocycles. The van der Waals surface area contributed by atoms with Crippen molar-refractivity contribution in [3.05, 3.63) is 65.7 Å². The van der Waals surface area contributed by atoms with Crippen LogP contribution in [0, 0.1) is 5.92 Å². The highest BCUT2D eigenvalue weighted by molar-refractivity contribution is 5.93. The number of benzene rings is 2. The molecule has 3 amide bonds. The number of rotatable bonds is 4. The molecule has 8 heteroatoms. The summed E-state index contributed by atoms with van der Waals surface area (Å²) in [6.07, 6.45) is 2.45. The summed E-state index contributed by atoms with van der Waals surface area (Å²) in [5.74, 6) is 0.0932. The number of aryl methyl sites for hydroxylation is 1. The number of carbonyl (C=O) groups is 3. The zero-order chi connectivity index (χ0) is 28.4. The molecule has 0 saturated carbocycles. The van der Waals surface area contributed by atoms with Crippen LogP contribution in [0.4, 0.5) is 0 Å². The van der Waals surface area contributed by atoms with Crippen molar-refractivity contribution >= 4 is 17.7 Å². The molecular weight excluding hydrogens is 492 g/mol. The minimum absolute atomic E-state index is 0.0527. The first kappa shape index (κ1) is 30.2. The minimum Gasteiger partial charge on any atom is -0.489 e. The van der Waals surface area contributed by atoms with E-state index in [1.165, 1.54) is 4.90 Å². The molecule has 212 valence electrons. The third-order valence-corrected chi connectivity index (χ3v) is 7.55. The zero-order valence-corrected chi connectivity index (χ0v) is 23.9. The van der Waals surface area contributed by atoms with Crippen LogP contribution in [-0.4, -0.2) is 67.0 Å². The van der Waals surface area contributed by atoms with Crippen molar-refractivity contribution in [2.75, 3.05) is 20.1 Å². The first-order valence-electron chi connectivity index (χ1n) is 14.1. The minimum atomic E-state index is -0.760. The molecular formula is C31H44N4O4. The number of nitrogens with one attached hydrogen (secondary N) is 3. The second kappa shape index (κ2) is 14.7. The smallest absolute Gasteiger partial charge is 0.243 e. The molecule has 0 aliphatic carbocycles. The maximum absolute atomic E-state index is 13.6. The summed E-state index contributed by atoms with van der Waals surface area (Å²) in [7, 11) is 1.64. The van der Waals surface area contributed by atoms with E-state index in [0.717, 1.165) is 36.1 Å². The Balaban J connectivity index is 1.88. The first-order valence-corrected chi connectivity index (χ1v) is 14.1. The van der Waals surface area contributed by atoms with E-state index < -0.39 is 18.1 Å². The number of hydrogen-bond donors (Lipinski definition) is 3. The Morgan fingerprint density at radius 2 is 1.69 bits per heavy atom. The number of ether oxygens (including phenoxy) is 1. The van der Waals surface area contributed by atoms with Gasteiger partial charge in [0.1, 0.15) is 23.9 Å². The summed E-state index contributed by atoms with van der Waals surface area (Å²) in [4.78, 5) is 41.6. The SMILES string of the molecule is CCC(C)[C@@H]1NCC(C)Oc2ccccc2CCCNC(=O)[C@@H](Cc2ccccc2)NC(=O)[C@@H](C)N(C)C1=O. The maximum atomic E-state index is 13.6. The average molecular weight is 537 g/mol. The van der Waals surface area contributed by atoms with Gasteiger partial charge in [0.15, 0.2) is 0 Å². The van der Waals surface area contributed by atoms with Crippen LogP contribution in [0.5, 0.6) is 5.75 Å². The second-order valence-electron chi connectivity index (χ2n) is 10.6. The van der Waals surface area contributed by atoms with Crippen LogP contribution < -0.4 is 20.7 Å². The van der Waals surface area contributed by atoms with Crippen molar-refractivity contribution in [2.45, 2.75) is 77.6 Å². The summed E-state index contributed by atoms with van der Waals surface area (Å²) in [5.41, 5.74) is 2.01. The van der Waals surface area contributed by atoms with E-state index in [0.29, 0.717) is 19.5 Å². The highest BCUT2D eigenvalue weighted by atomic mass is 16.5. The van der Waals surface area contributed by atoms with Gasteiger partial charge in [-0.3, -0.25) is 14.4 Å². The number of likely N-dealkylation sites (N-methyl/N-ethyl adjacent to an activating group) is 1. The zero-order valence-electron chi connectivity index (χ0n) is 23.9. The van der Waals surface area contributed by atoms with Crippen LogP contribution in [0.2, 0.25) is 0 Å². The molecule has 2 unspecified atom stereocenters. The molecule has 1 heterocycles. The van der Waals surface area contributed by atoms with Crippen molar-refractivity contribution in [2.24, 2.45) is 5.92 Å². The lowest BCUT2D eigenvalue weighted by atomic mass is 9.97. The number of nitrogens with zero attached hydrogens (tertiary/aromatic N) is 1. The van der Waals surface area contributed by atoms with Crippen LogP contribution in [0.1, 0.15) is 51.7 Å². The van der Waals surface area contributed by atoms with Gasteiger partial charge in [-0.1, -0.05) is 68.8 Å². The monoisotopic (exact) mass is 536 g/mol. The van der Waals surface area contributed by atoms with Crippen LogP contribution >= 0.6 is 0 Å².